The Morgan fingerprint density at radius 3 is 2.27 bits per heavy atom. The van der Waals surface area contributed by atoms with Crippen molar-refractivity contribution < 1.29 is 23.8 Å². The second kappa shape index (κ2) is 12.2. The summed E-state index contributed by atoms with van der Waals surface area (Å²) in [5.41, 5.74) is 3.38. The molecule has 1 saturated heterocycles. The highest BCUT2D eigenvalue weighted by atomic mass is 16.6. The lowest BCUT2D eigenvalue weighted by molar-refractivity contribution is -0.155. The van der Waals surface area contributed by atoms with E-state index < -0.39 is 5.60 Å². The zero-order chi connectivity index (χ0) is 26.3. The summed E-state index contributed by atoms with van der Waals surface area (Å²) in [6, 6.07) is 25.3. The second-order valence-electron chi connectivity index (χ2n) is 10.2. The first kappa shape index (κ1) is 26.6. The van der Waals surface area contributed by atoms with Crippen LogP contribution in [0.4, 0.5) is 0 Å². The summed E-state index contributed by atoms with van der Waals surface area (Å²) in [4.78, 5) is 26.9. The molecule has 0 aromatic heterocycles. The van der Waals surface area contributed by atoms with E-state index in [1.165, 1.54) is 0 Å². The van der Waals surface area contributed by atoms with Crippen LogP contribution >= 0.6 is 0 Å². The zero-order valence-corrected chi connectivity index (χ0v) is 21.8. The lowest BCUT2D eigenvalue weighted by Crippen LogP contribution is -2.39. The molecule has 1 heterocycles. The number of Topliss-reactive ketones (excluding diaryl/α,β-unsaturated/α-hetero) is 1. The maximum absolute atomic E-state index is 12.6. The predicted molar refractivity (Wildman–Crippen MR) is 144 cm³/mol. The Hall–Kier alpha value is -3.48. The van der Waals surface area contributed by atoms with Gasteiger partial charge >= 0.3 is 5.97 Å². The van der Waals surface area contributed by atoms with Crippen molar-refractivity contribution in [1.29, 1.82) is 0 Å². The number of hydrogen-bond acceptors (Lipinski definition) is 6. The van der Waals surface area contributed by atoms with Crippen molar-refractivity contribution in [3.63, 3.8) is 0 Å². The van der Waals surface area contributed by atoms with E-state index in [0.717, 1.165) is 23.2 Å². The number of ether oxygens (including phenoxy) is 3. The van der Waals surface area contributed by atoms with Crippen LogP contribution in [0.1, 0.15) is 49.2 Å². The SMILES string of the molecule is CC(C)(C)OC(=O)CCN1CCOC(c2ccc(OCC(=O)c3ccc(-c4ccccc4)cc3)cc2)C1. The minimum Gasteiger partial charge on any atom is -0.485 e. The first-order valence-corrected chi connectivity index (χ1v) is 12.7. The minimum absolute atomic E-state index is 0.0254. The minimum atomic E-state index is -0.466. The summed E-state index contributed by atoms with van der Waals surface area (Å²) in [7, 11) is 0. The van der Waals surface area contributed by atoms with Gasteiger partial charge in [0, 0.05) is 25.2 Å². The van der Waals surface area contributed by atoms with Crippen molar-refractivity contribution in [2.24, 2.45) is 0 Å². The number of esters is 1. The fourth-order valence-corrected chi connectivity index (χ4v) is 4.24. The van der Waals surface area contributed by atoms with E-state index in [1.54, 1.807) is 0 Å². The molecule has 6 heteroatoms. The first-order chi connectivity index (χ1) is 17.8. The van der Waals surface area contributed by atoms with Crippen molar-refractivity contribution in [3.05, 3.63) is 90.0 Å². The average molecular weight is 502 g/mol. The van der Waals surface area contributed by atoms with Gasteiger partial charge in [-0.05, 0) is 49.6 Å². The van der Waals surface area contributed by atoms with Gasteiger partial charge in [0.2, 0.25) is 0 Å². The van der Waals surface area contributed by atoms with E-state index in [0.29, 0.717) is 37.4 Å². The van der Waals surface area contributed by atoms with Crippen LogP contribution in [0.2, 0.25) is 0 Å². The van der Waals surface area contributed by atoms with Crippen LogP contribution in [0.15, 0.2) is 78.9 Å². The molecule has 0 radical (unpaired) electrons. The lowest BCUT2D eigenvalue weighted by Gasteiger charge is -2.33. The van der Waals surface area contributed by atoms with Crippen LogP contribution in [0, 0.1) is 0 Å². The van der Waals surface area contributed by atoms with Crippen LogP contribution in [-0.2, 0) is 14.3 Å². The summed E-state index contributed by atoms with van der Waals surface area (Å²) in [5.74, 6) is 0.384. The third-order valence-electron chi connectivity index (χ3n) is 6.14. The van der Waals surface area contributed by atoms with Gasteiger partial charge < -0.3 is 14.2 Å². The van der Waals surface area contributed by atoms with Crippen molar-refractivity contribution in [3.8, 4) is 16.9 Å². The Morgan fingerprint density at radius 1 is 0.919 bits per heavy atom. The summed E-state index contributed by atoms with van der Waals surface area (Å²) >= 11 is 0. The molecule has 3 aromatic carbocycles. The molecule has 194 valence electrons. The number of morpholine rings is 1. The largest absolute Gasteiger partial charge is 0.485 e. The molecule has 0 bridgehead atoms. The summed E-state index contributed by atoms with van der Waals surface area (Å²) in [6.07, 6.45) is 0.283. The van der Waals surface area contributed by atoms with Crippen LogP contribution < -0.4 is 4.74 Å². The van der Waals surface area contributed by atoms with E-state index in [9.17, 15) is 9.59 Å². The number of benzene rings is 3. The molecular formula is C31H35NO5. The Morgan fingerprint density at radius 2 is 1.59 bits per heavy atom. The predicted octanol–water partition coefficient (Wildman–Crippen LogP) is 5.72. The van der Waals surface area contributed by atoms with Gasteiger partial charge in [-0.2, -0.15) is 0 Å². The zero-order valence-electron chi connectivity index (χ0n) is 21.8. The molecule has 1 atom stereocenters. The molecule has 0 N–H and O–H groups in total. The van der Waals surface area contributed by atoms with Gasteiger partial charge in [0.25, 0.3) is 0 Å². The van der Waals surface area contributed by atoms with Crippen molar-refractivity contribution >= 4 is 11.8 Å². The van der Waals surface area contributed by atoms with Gasteiger partial charge in [-0.1, -0.05) is 66.7 Å². The first-order valence-electron chi connectivity index (χ1n) is 12.7. The monoisotopic (exact) mass is 501 g/mol. The Bertz CT molecular complexity index is 1170. The molecule has 1 fully saturated rings. The van der Waals surface area contributed by atoms with Crippen LogP contribution in [0.5, 0.6) is 5.75 Å². The molecule has 1 unspecified atom stereocenters. The topological polar surface area (TPSA) is 65.1 Å². The molecule has 37 heavy (non-hydrogen) atoms. The highest BCUT2D eigenvalue weighted by molar-refractivity contribution is 5.97. The fourth-order valence-electron chi connectivity index (χ4n) is 4.24. The molecular weight excluding hydrogens is 466 g/mol. The quantitative estimate of drug-likeness (QED) is 0.276. The van der Waals surface area contributed by atoms with Gasteiger partial charge in [-0.3, -0.25) is 14.5 Å². The smallest absolute Gasteiger partial charge is 0.307 e. The number of hydrogen-bond donors (Lipinski definition) is 0. The third-order valence-corrected chi connectivity index (χ3v) is 6.14. The van der Waals surface area contributed by atoms with E-state index in [1.807, 2.05) is 99.6 Å². The number of carbonyl (C=O) groups is 2. The molecule has 6 nitrogen and oxygen atoms in total. The Labute approximate surface area is 219 Å². The molecule has 1 aliphatic heterocycles. The molecule has 0 spiro atoms. The maximum atomic E-state index is 12.6. The summed E-state index contributed by atoms with van der Waals surface area (Å²) in [5, 5.41) is 0. The van der Waals surface area contributed by atoms with Gasteiger partial charge in [0.1, 0.15) is 11.4 Å². The molecule has 0 amide bonds. The van der Waals surface area contributed by atoms with Crippen molar-refractivity contribution in [2.45, 2.75) is 38.9 Å². The molecule has 0 saturated carbocycles. The van der Waals surface area contributed by atoms with Crippen LogP contribution in [-0.4, -0.2) is 55.1 Å². The van der Waals surface area contributed by atoms with Gasteiger partial charge in [-0.15, -0.1) is 0 Å². The maximum Gasteiger partial charge on any atom is 0.307 e. The average Bonchev–Trinajstić information content (AvgIpc) is 2.91. The molecule has 3 aromatic rings. The number of ketones is 1. The van der Waals surface area contributed by atoms with Gasteiger partial charge in [0.15, 0.2) is 12.4 Å². The van der Waals surface area contributed by atoms with Crippen molar-refractivity contribution in [2.75, 3.05) is 32.8 Å². The second-order valence-corrected chi connectivity index (χ2v) is 10.2. The summed E-state index contributed by atoms with van der Waals surface area (Å²) < 4.78 is 17.1. The Balaban J connectivity index is 1.25. The molecule has 4 rings (SSSR count). The number of nitrogens with zero attached hydrogens (tertiary/aromatic N) is 1. The highest BCUT2D eigenvalue weighted by Crippen LogP contribution is 2.25. The Kier molecular flexibility index (Phi) is 8.74. The van der Waals surface area contributed by atoms with Crippen molar-refractivity contribution in [1.82, 2.24) is 4.90 Å². The number of rotatable bonds is 9. The normalized spacial score (nSPS) is 16.2. The lowest BCUT2D eigenvalue weighted by atomic mass is 10.0. The number of carbonyl (C=O) groups excluding carboxylic acids is 2. The van der Waals surface area contributed by atoms with Crippen LogP contribution in [0.25, 0.3) is 11.1 Å². The third kappa shape index (κ3) is 8.00. The highest BCUT2D eigenvalue weighted by Gasteiger charge is 2.23. The molecule has 0 aliphatic carbocycles. The summed E-state index contributed by atoms with van der Waals surface area (Å²) in [6.45, 7) is 8.35. The van der Waals surface area contributed by atoms with E-state index in [2.05, 4.69) is 4.90 Å². The van der Waals surface area contributed by atoms with Gasteiger partial charge in [0.05, 0.1) is 19.1 Å². The van der Waals surface area contributed by atoms with E-state index in [4.69, 9.17) is 14.2 Å². The van der Waals surface area contributed by atoms with E-state index >= 15 is 0 Å². The van der Waals surface area contributed by atoms with E-state index in [-0.39, 0.29) is 24.5 Å². The molecule has 1 aliphatic rings. The fraction of sp³-hybridized carbons (Fsp3) is 0.355. The van der Waals surface area contributed by atoms with Crippen LogP contribution in [0.3, 0.4) is 0 Å². The van der Waals surface area contributed by atoms with Gasteiger partial charge in [-0.25, -0.2) is 0 Å². The standard InChI is InChI=1S/C31H35NO5/c1-31(2,3)37-30(34)17-18-32-19-20-35-29(21-32)26-13-15-27(16-14-26)36-22-28(33)25-11-9-24(10-12-25)23-7-5-4-6-8-23/h4-16,29H,17-22H2,1-3H3.